The van der Waals surface area contributed by atoms with E-state index in [9.17, 15) is 0 Å². The summed E-state index contributed by atoms with van der Waals surface area (Å²) in [5.41, 5.74) is 3.10. The van der Waals surface area contributed by atoms with Gasteiger partial charge < -0.3 is 4.90 Å². The third-order valence-corrected chi connectivity index (χ3v) is 6.07. The van der Waals surface area contributed by atoms with Crippen LogP contribution in [0.2, 0.25) is 5.02 Å². The second-order valence-corrected chi connectivity index (χ2v) is 7.27. The Hall–Kier alpha value is -0.130. The van der Waals surface area contributed by atoms with E-state index < -0.39 is 0 Å². The highest BCUT2D eigenvalue weighted by Gasteiger charge is 2.44. The molecule has 1 aliphatic rings. The van der Waals surface area contributed by atoms with Crippen LogP contribution >= 0.6 is 22.9 Å². The lowest BCUT2D eigenvalue weighted by atomic mass is 9.72. The maximum absolute atomic E-state index is 6.32. The molecule has 3 N–H and O–H groups in total. The third kappa shape index (κ3) is 2.83. The zero-order valence-corrected chi connectivity index (χ0v) is 13.5. The van der Waals surface area contributed by atoms with Crippen LogP contribution in [0.15, 0.2) is 11.4 Å². The zero-order chi connectivity index (χ0) is 14.0. The molecule has 0 bridgehead atoms. The Bertz CT molecular complexity index is 411. The Labute approximate surface area is 125 Å². The van der Waals surface area contributed by atoms with E-state index in [1.54, 1.807) is 11.3 Å². The molecule has 5 heteroatoms. The molecule has 1 unspecified atom stereocenters. The van der Waals surface area contributed by atoms with Gasteiger partial charge in [0, 0.05) is 10.4 Å². The molecule has 19 heavy (non-hydrogen) atoms. The summed E-state index contributed by atoms with van der Waals surface area (Å²) in [7, 11) is 4.31. The van der Waals surface area contributed by atoms with Gasteiger partial charge in [-0.1, -0.05) is 18.5 Å². The van der Waals surface area contributed by atoms with Gasteiger partial charge in [0.05, 0.1) is 11.1 Å². The number of hydrogen-bond acceptors (Lipinski definition) is 4. The van der Waals surface area contributed by atoms with Gasteiger partial charge in [-0.2, -0.15) is 0 Å². The molecule has 0 radical (unpaired) electrons. The lowest BCUT2D eigenvalue weighted by Gasteiger charge is -2.49. The molecule has 2 rings (SSSR count). The van der Waals surface area contributed by atoms with Crippen molar-refractivity contribution in [1.29, 1.82) is 0 Å². The molecule has 0 amide bonds. The maximum Gasteiger partial charge on any atom is 0.0751 e. The monoisotopic (exact) mass is 301 g/mol. The number of nitrogens with one attached hydrogen (secondary N) is 1. The molecule has 1 aromatic rings. The summed E-state index contributed by atoms with van der Waals surface area (Å²) in [5.74, 6) is 6.70. The second-order valence-electron chi connectivity index (χ2n) is 5.91. The van der Waals surface area contributed by atoms with Gasteiger partial charge in [-0.3, -0.25) is 11.3 Å². The van der Waals surface area contributed by atoms with E-state index in [4.69, 9.17) is 17.4 Å². The van der Waals surface area contributed by atoms with Gasteiger partial charge in [-0.15, -0.1) is 11.3 Å². The van der Waals surface area contributed by atoms with E-state index >= 15 is 0 Å². The number of nitrogens with two attached hydrogens (primary N) is 1. The minimum absolute atomic E-state index is 0.0652. The summed E-state index contributed by atoms with van der Waals surface area (Å²) in [4.78, 5) is 3.49. The minimum atomic E-state index is 0.0652. The van der Waals surface area contributed by atoms with Crippen molar-refractivity contribution in [2.75, 3.05) is 14.1 Å². The van der Waals surface area contributed by atoms with Crippen molar-refractivity contribution < 1.29 is 0 Å². The summed E-state index contributed by atoms with van der Waals surface area (Å²) in [5, 5.41) is 2.87. The largest absolute Gasteiger partial charge is 0.302 e. The molecule has 0 spiro atoms. The molecule has 0 aliphatic heterocycles. The molecule has 1 fully saturated rings. The highest BCUT2D eigenvalue weighted by Crippen LogP contribution is 2.46. The second kappa shape index (κ2) is 6.10. The van der Waals surface area contributed by atoms with Crippen LogP contribution in [0.5, 0.6) is 0 Å². The summed E-state index contributed by atoms with van der Waals surface area (Å²) in [6.07, 6.45) is 4.81. The molecule has 108 valence electrons. The topological polar surface area (TPSA) is 41.3 Å². The van der Waals surface area contributed by atoms with Gasteiger partial charge >= 0.3 is 0 Å². The van der Waals surface area contributed by atoms with Gasteiger partial charge in [0.1, 0.15) is 0 Å². The standard InChI is InChI=1S/C14H24ClN3S/c1-10-4-7-14(8-5-10,18(2)3)13(17-16)12-11(15)6-9-19-12/h6,9-10,13,17H,4-5,7-8,16H2,1-3H3. The minimum Gasteiger partial charge on any atom is -0.302 e. The van der Waals surface area contributed by atoms with Crippen LogP contribution in [0.4, 0.5) is 0 Å². The van der Waals surface area contributed by atoms with E-state index in [-0.39, 0.29) is 11.6 Å². The number of nitrogens with zero attached hydrogens (tertiary/aromatic N) is 1. The van der Waals surface area contributed by atoms with Crippen molar-refractivity contribution in [3.05, 3.63) is 21.3 Å². The fourth-order valence-corrected chi connectivity index (χ4v) is 4.58. The Morgan fingerprint density at radius 2 is 2.11 bits per heavy atom. The number of thiophene rings is 1. The quantitative estimate of drug-likeness (QED) is 0.661. The lowest BCUT2D eigenvalue weighted by Crippen LogP contribution is -2.56. The molecule has 3 nitrogen and oxygen atoms in total. The summed E-state index contributed by atoms with van der Waals surface area (Å²) < 4.78 is 0. The number of hydrogen-bond donors (Lipinski definition) is 2. The van der Waals surface area contributed by atoms with Crippen molar-refractivity contribution >= 4 is 22.9 Å². The van der Waals surface area contributed by atoms with Gasteiger partial charge in [0.15, 0.2) is 0 Å². The van der Waals surface area contributed by atoms with Gasteiger partial charge in [-0.25, -0.2) is 0 Å². The molecule has 0 aromatic carbocycles. The molecular weight excluding hydrogens is 278 g/mol. The normalized spacial score (nSPS) is 29.7. The smallest absolute Gasteiger partial charge is 0.0751 e. The SMILES string of the molecule is CC1CCC(C(NN)c2sccc2Cl)(N(C)C)CC1. The van der Waals surface area contributed by atoms with Crippen molar-refractivity contribution in [3.63, 3.8) is 0 Å². The summed E-state index contributed by atoms with van der Waals surface area (Å²) >= 11 is 8.02. The van der Waals surface area contributed by atoms with E-state index in [0.29, 0.717) is 0 Å². The van der Waals surface area contributed by atoms with E-state index in [1.165, 1.54) is 12.8 Å². The Kier molecular flexibility index (Phi) is 4.90. The Balaban J connectivity index is 2.34. The van der Waals surface area contributed by atoms with Gasteiger partial charge in [0.2, 0.25) is 0 Å². The zero-order valence-electron chi connectivity index (χ0n) is 11.9. The van der Waals surface area contributed by atoms with Crippen molar-refractivity contribution in [2.24, 2.45) is 11.8 Å². The van der Waals surface area contributed by atoms with E-state index in [1.807, 2.05) is 11.4 Å². The maximum atomic E-state index is 6.32. The first kappa shape index (κ1) is 15.3. The average molecular weight is 302 g/mol. The lowest BCUT2D eigenvalue weighted by molar-refractivity contribution is 0.0441. The van der Waals surface area contributed by atoms with Crippen LogP contribution in [0.3, 0.4) is 0 Å². The molecule has 0 saturated heterocycles. The van der Waals surface area contributed by atoms with Crippen LogP contribution in [0, 0.1) is 5.92 Å². The molecule has 1 aromatic heterocycles. The van der Waals surface area contributed by atoms with Gasteiger partial charge in [0.25, 0.3) is 0 Å². The van der Waals surface area contributed by atoms with Gasteiger partial charge in [-0.05, 0) is 57.1 Å². The predicted molar refractivity (Wildman–Crippen MR) is 83.4 cm³/mol. The first-order valence-electron chi connectivity index (χ1n) is 6.87. The molecular formula is C14H24ClN3S. The summed E-state index contributed by atoms with van der Waals surface area (Å²) in [6.45, 7) is 2.34. The number of likely N-dealkylation sites (N-methyl/N-ethyl adjacent to an activating group) is 1. The first-order valence-corrected chi connectivity index (χ1v) is 8.13. The number of rotatable bonds is 4. The highest BCUT2D eigenvalue weighted by molar-refractivity contribution is 7.10. The van der Waals surface area contributed by atoms with Crippen LogP contribution < -0.4 is 11.3 Å². The highest BCUT2D eigenvalue weighted by atomic mass is 35.5. The fourth-order valence-electron chi connectivity index (χ4n) is 3.24. The Morgan fingerprint density at radius 1 is 1.47 bits per heavy atom. The summed E-state index contributed by atoms with van der Waals surface area (Å²) in [6, 6.07) is 2.06. The van der Waals surface area contributed by atoms with Crippen molar-refractivity contribution in [3.8, 4) is 0 Å². The first-order chi connectivity index (χ1) is 9.01. The third-order valence-electron chi connectivity index (χ3n) is 4.64. The van der Waals surface area contributed by atoms with Crippen LogP contribution in [-0.2, 0) is 0 Å². The molecule has 1 atom stereocenters. The Morgan fingerprint density at radius 3 is 2.53 bits per heavy atom. The van der Waals surface area contributed by atoms with E-state index in [0.717, 1.165) is 28.7 Å². The van der Waals surface area contributed by atoms with E-state index in [2.05, 4.69) is 31.3 Å². The fraction of sp³-hybridized carbons (Fsp3) is 0.714. The molecule has 1 aliphatic carbocycles. The molecule has 1 saturated carbocycles. The van der Waals surface area contributed by atoms with Crippen LogP contribution in [0.1, 0.15) is 43.5 Å². The average Bonchev–Trinajstić information content (AvgIpc) is 2.79. The van der Waals surface area contributed by atoms with Crippen molar-refractivity contribution in [1.82, 2.24) is 10.3 Å². The predicted octanol–water partition coefficient (Wildman–Crippen LogP) is 3.42. The molecule has 1 heterocycles. The van der Waals surface area contributed by atoms with Crippen molar-refractivity contribution in [2.45, 2.75) is 44.2 Å². The number of halogens is 1. The van der Waals surface area contributed by atoms with Crippen LogP contribution in [0.25, 0.3) is 0 Å². The van der Waals surface area contributed by atoms with Crippen LogP contribution in [-0.4, -0.2) is 24.5 Å². The number of hydrazine groups is 1.